The Bertz CT molecular complexity index is 1590. The molecule has 0 aliphatic rings. The van der Waals surface area contributed by atoms with Crippen molar-refractivity contribution in [2.45, 2.75) is 27.4 Å². The van der Waals surface area contributed by atoms with E-state index >= 15 is 0 Å². The molecule has 7 heteroatoms. The van der Waals surface area contributed by atoms with Gasteiger partial charge in [-0.15, -0.1) is 0 Å². The lowest BCUT2D eigenvalue weighted by Gasteiger charge is -2.18. The van der Waals surface area contributed by atoms with Crippen molar-refractivity contribution in [3.05, 3.63) is 107 Å². The van der Waals surface area contributed by atoms with Crippen molar-refractivity contribution < 1.29 is 14.3 Å². The molecule has 0 radical (unpaired) electrons. The lowest BCUT2D eigenvalue weighted by Crippen LogP contribution is -2.20. The summed E-state index contributed by atoms with van der Waals surface area (Å²) < 4.78 is 14.0. The number of nitrogens with one attached hydrogen (secondary N) is 1. The van der Waals surface area contributed by atoms with Gasteiger partial charge in [-0.25, -0.2) is 4.98 Å². The number of hydrogen-bond donors (Lipinski definition) is 2. The van der Waals surface area contributed by atoms with Crippen LogP contribution in [0.2, 0.25) is 0 Å². The third-order valence-electron chi connectivity index (χ3n) is 6.38. The molecule has 0 fully saturated rings. The summed E-state index contributed by atoms with van der Waals surface area (Å²) in [6, 6.07) is 25.7. The Morgan fingerprint density at radius 1 is 0.895 bits per heavy atom. The molecule has 5 aromatic rings. The van der Waals surface area contributed by atoms with Crippen molar-refractivity contribution in [2.24, 2.45) is 5.73 Å². The van der Waals surface area contributed by atoms with Crippen LogP contribution in [0.3, 0.4) is 0 Å². The molecule has 0 spiro atoms. The number of anilines is 2. The highest BCUT2D eigenvalue weighted by atomic mass is 16.5. The van der Waals surface area contributed by atoms with Crippen molar-refractivity contribution in [3.63, 3.8) is 0 Å². The van der Waals surface area contributed by atoms with Gasteiger partial charge in [-0.3, -0.25) is 9.20 Å². The van der Waals surface area contributed by atoms with E-state index in [2.05, 4.69) is 31.3 Å². The third kappa shape index (κ3) is 5.18. The fourth-order valence-electron chi connectivity index (χ4n) is 4.53. The summed E-state index contributed by atoms with van der Waals surface area (Å²) in [5, 5.41) is 3.63. The van der Waals surface area contributed by atoms with Gasteiger partial charge in [-0.05, 0) is 61.2 Å². The number of nitrogens with two attached hydrogens (primary N) is 1. The second-order valence-corrected chi connectivity index (χ2v) is 9.27. The molecule has 3 N–H and O–H groups in total. The number of rotatable bonds is 9. The van der Waals surface area contributed by atoms with E-state index in [0.717, 1.165) is 45.0 Å². The van der Waals surface area contributed by atoms with Crippen molar-refractivity contribution in [1.82, 2.24) is 9.38 Å². The number of imidazole rings is 1. The number of aromatic nitrogens is 2. The number of benzene rings is 3. The Morgan fingerprint density at radius 3 is 2.37 bits per heavy atom. The van der Waals surface area contributed by atoms with Crippen LogP contribution in [0.5, 0.6) is 11.5 Å². The molecule has 0 saturated heterocycles. The summed E-state index contributed by atoms with van der Waals surface area (Å²) in [4.78, 5) is 16.6. The first-order valence-corrected chi connectivity index (χ1v) is 12.4. The summed E-state index contributed by atoms with van der Waals surface area (Å²) in [6.07, 6.45) is 1.97. The number of pyridine rings is 1. The molecule has 192 valence electrons. The first kappa shape index (κ1) is 24.9. The monoisotopic (exact) mass is 506 g/mol. The summed E-state index contributed by atoms with van der Waals surface area (Å²) in [7, 11) is 0. The van der Waals surface area contributed by atoms with Gasteiger partial charge in [0.1, 0.15) is 35.3 Å². The van der Waals surface area contributed by atoms with E-state index in [9.17, 15) is 4.79 Å². The maximum atomic E-state index is 11.7. The molecule has 38 heavy (non-hydrogen) atoms. The van der Waals surface area contributed by atoms with Gasteiger partial charge in [0.2, 0.25) is 0 Å². The fraction of sp³-hybridized carbons (Fsp3) is 0.161. The largest absolute Gasteiger partial charge is 0.489 e. The highest BCUT2D eigenvalue weighted by molar-refractivity contribution is 5.86. The molecule has 3 aromatic carbocycles. The standard InChI is InChI=1S/C31H30N4O3/c1-20-10-9-11-21(2)29(20)34-31-30(33-27-14-7-8-15-35(27)31)28-22(3)16-24(17-25(28)38-19-26(32)36)37-18-23-12-5-4-6-13-23/h4-17,34H,18-19H2,1-3H3,(H2,32,36). The Labute approximate surface area is 221 Å². The van der Waals surface area contributed by atoms with E-state index in [0.29, 0.717) is 23.8 Å². The van der Waals surface area contributed by atoms with Crippen LogP contribution in [-0.2, 0) is 11.4 Å². The Kier molecular flexibility index (Phi) is 7.00. The summed E-state index contributed by atoms with van der Waals surface area (Å²) >= 11 is 0. The minimum Gasteiger partial charge on any atom is -0.489 e. The van der Waals surface area contributed by atoms with E-state index in [1.54, 1.807) is 6.07 Å². The van der Waals surface area contributed by atoms with E-state index in [1.807, 2.05) is 78.2 Å². The maximum Gasteiger partial charge on any atom is 0.255 e. The number of primary amides is 1. The van der Waals surface area contributed by atoms with Crippen LogP contribution in [0.15, 0.2) is 85.1 Å². The van der Waals surface area contributed by atoms with Crippen molar-refractivity contribution in [1.29, 1.82) is 0 Å². The van der Waals surface area contributed by atoms with Crippen LogP contribution in [-0.4, -0.2) is 21.9 Å². The minimum absolute atomic E-state index is 0.262. The third-order valence-corrected chi connectivity index (χ3v) is 6.38. The van der Waals surface area contributed by atoms with Crippen LogP contribution < -0.4 is 20.5 Å². The quantitative estimate of drug-likeness (QED) is 0.252. The van der Waals surface area contributed by atoms with Crippen LogP contribution in [0.4, 0.5) is 11.5 Å². The number of amides is 1. The highest BCUT2D eigenvalue weighted by Crippen LogP contribution is 2.42. The highest BCUT2D eigenvalue weighted by Gasteiger charge is 2.22. The number of nitrogens with zero attached hydrogens (tertiary/aromatic N) is 2. The topological polar surface area (TPSA) is 90.9 Å². The Morgan fingerprint density at radius 2 is 1.63 bits per heavy atom. The minimum atomic E-state index is -0.562. The zero-order valence-corrected chi connectivity index (χ0v) is 21.7. The fourth-order valence-corrected chi connectivity index (χ4v) is 4.53. The molecule has 1 amide bonds. The molecular weight excluding hydrogens is 476 g/mol. The predicted molar refractivity (Wildman–Crippen MR) is 150 cm³/mol. The van der Waals surface area contributed by atoms with Gasteiger partial charge >= 0.3 is 0 Å². The van der Waals surface area contributed by atoms with Gasteiger partial charge in [-0.1, -0.05) is 54.6 Å². The molecular formula is C31H30N4O3. The van der Waals surface area contributed by atoms with Gasteiger partial charge in [-0.2, -0.15) is 0 Å². The van der Waals surface area contributed by atoms with E-state index in [1.165, 1.54) is 0 Å². The SMILES string of the molecule is Cc1cccc(C)c1Nc1c(-c2c(C)cc(OCc3ccccc3)cc2OCC(N)=O)nc2ccccn12. The number of fused-ring (bicyclic) bond motifs is 1. The average molecular weight is 507 g/mol. The Balaban J connectivity index is 1.63. The first-order valence-electron chi connectivity index (χ1n) is 12.4. The maximum absolute atomic E-state index is 11.7. The van der Waals surface area contributed by atoms with Crippen molar-refractivity contribution >= 4 is 23.1 Å². The van der Waals surface area contributed by atoms with Crippen molar-refractivity contribution in [3.8, 4) is 22.8 Å². The van der Waals surface area contributed by atoms with Gasteiger partial charge < -0.3 is 20.5 Å². The molecule has 7 nitrogen and oxygen atoms in total. The van der Waals surface area contributed by atoms with E-state index in [4.69, 9.17) is 20.2 Å². The number of carbonyl (C=O) groups is 1. The summed E-state index contributed by atoms with van der Waals surface area (Å²) in [5.41, 5.74) is 12.9. The molecule has 0 saturated carbocycles. The number of carbonyl (C=O) groups excluding carboxylic acids is 1. The van der Waals surface area contributed by atoms with Crippen LogP contribution in [0.1, 0.15) is 22.3 Å². The van der Waals surface area contributed by atoms with Gasteiger partial charge in [0.15, 0.2) is 6.61 Å². The summed E-state index contributed by atoms with van der Waals surface area (Å²) in [6.45, 7) is 6.27. The van der Waals surface area contributed by atoms with Crippen LogP contribution in [0.25, 0.3) is 16.9 Å². The normalized spacial score (nSPS) is 10.9. The number of hydrogen-bond acceptors (Lipinski definition) is 5. The van der Waals surface area contributed by atoms with E-state index < -0.39 is 5.91 Å². The lowest BCUT2D eigenvalue weighted by atomic mass is 10.0. The average Bonchev–Trinajstić information content (AvgIpc) is 3.26. The number of aryl methyl sites for hydroxylation is 3. The van der Waals surface area contributed by atoms with Crippen LogP contribution in [0, 0.1) is 20.8 Å². The molecule has 2 heterocycles. The van der Waals surface area contributed by atoms with Gasteiger partial charge in [0.05, 0.1) is 0 Å². The van der Waals surface area contributed by atoms with Crippen LogP contribution >= 0.6 is 0 Å². The lowest BCUT2D eigenvalue weighted by molar-refractivity contribution is -0.119. The molecule has 0 bridgehead atoms. The molecule has 0 aliphatic heterocycles. The van der Waals surface area contributed by atoms with Gasteiger partial charge in [0, 0.05) is 23.5 Å². The van der Waals surface area contributed by atoms with Crippen molar-refractivity contribution in [2.75, 3.05) is 11.9 Å². The zero-order valence-electron chi connectivity index (χ0n) is 21.7. The zero-order chi connectivity index (χ0) is 26.6. The molecule has 5 rings (SSSR count). The molecule has 0 unspecified atom stereocenters. The smallest absolute Gasteiger partial charge is 0.255 e. The first-order chi connectivity index (χ1) is 18.4. The molecule has 0 atom stereocenters. The number of ether oxygens (including phenoxy) is 2. The summed E-state index contributed by atoms with van der Waals surface area (Å²) in [5.74, 6) is 1.33. The van der Waals surface area contributed by atoms with E-state index in [-0.39, 0.29) is 6.61 Å². The Hall–Kier alpha value is -4.78. The molecule has 2 aromatic heterocycles. The van der Waals surface area contributed by atoms with Gasteiger partial charge in [0.25, 0.3) is 5.91 Å². The second-order valence-electron chi connectivity index (χ2n) is 9.27. The predicted octanol–water partition coefficient (Wildman–Crippen LogP) is 6.11. The number of para-hydroxylation sites is 1. The second kappa shape index (κ2) is 10.7. The molecule has 0 aliphatic carbocycles.